The molecule has 0 aromatic carbocycles. The molecule has 2 N–H and O–H groups in total. The fourth-order valence-electron chi connectivity index (χ4n) is 1.50. The Balaban J connectivity index is 0.000000845. The Morgan fingerprint density at radius 2 is 1.93 bits per heavy atom. The van der Waals surface area contributed by atoms with E-state index in [9.17, 15) is 0 Å². The van der Waals surface area contributed by atoms with Crippen molar-refractivity contribution in [1.29, 1.82) is 0 Å². The molecule has 1 aliphatic heterocycles. The van der Waals surface area contributed by atoms with Gasteiger partial charge in [-0.2, -0.15) is 0 Å². The minimum Gasteiger partial charge on any atom is -0.372 e. The van der Waals surface area contributed by atoms with E-state index in [1.807, 2.05) is 12.1 Å². The van der Waals surface area contributed by atoms with Crippen LogP contribution in [0.3, 0.4) is 0 Å². The highest BCUT2D eigenvalue weighted by Crippen LogP contribution is 2.26. The summed E-state index contributed by atoms with van der Waals surface area (Å²) in [7, 11) is 0. The van der Waals surface area contributed by atoms with Gasteiger partial charge in [0.05, 0.1) is 6.10 Å². The number of hydrogen-bond donors (Lipinski definition) is 1. The van der Waals surface area contributed by atoms with Gasteiger partial charge in [-0.25, -0.2) is 0 Å². The predicted molar refractivity (Wildman–Crippen MR) is 60.0 cm³/mol. The van der Waals surface area contributed by atoms with Gasteiger partial charge in [-0.3, -0.25) is 4.98 Å². The number of hydrogen-bond acceptors (Lipinski definition) is 3. The van der Waals surface area contributed by atoms with Crippen molar-refractivity contribution in [3.05, 3.63) is 30.1 Å². The maximum absolute atomic E-state index is 5.87. The van der Waals surface area contributed by atoms with Crippen LogP contribution in [0.15, 0.2) is 24.5 Å². The van der Waals surface area contributed by atoms with Crippen LogP contribution in [0.4, 0.5) is 0 Å². The van der Waals surface area contributed by atoms with E-state index in [0.29, 0.717) is 0 Å². The maximum atomic E-state index is 5.87. The van der Waals surface area contributed by atoms with Crippen LogP contribution in [0, 0.1) is 0 Å². The highest BCUT2D eigenvalue weighted by atomic mass is 35.5. The van der Waals surface area contributed by atoms with E-state index in [0.717, 1.165) is 18.6 Å². The molecule has 2 heterocycles. The normalized spacial score (nSPS) is 24.9. The van der Waals surface area contributed by atoms with Crippen LogP contribution in [0.2, 0.25) is 0 Å². The maximum Gasteiger partial charge on any atom is 0.0977 e. The second-order valence-electron chi connectivity index (χ2n) is 3.02. The van der Waals surface area contributed by atoms with Gasteiger partial charge < -0.3 is 10.5 Å². The third-order valence-electron chi connectivity index (χ3n) is 2.17. The molecule has 0 saturated carbocycles. The zero-order valence-electron chi connectivity index (χ0n) is 7.63. The van der Waals surface area contributed by atoms with Crippen molar-refractivity contribution in [3.8, 4) is 0 Å². The lowest BCUT2D eigenvalue weighted by Gasteiger charge is -2.13. The molecule has 1 aromatic rings. The first-order chi connectivity index (χ1) is 5.88. The lowest BCUT2D eigenvalue weighted by molar-refractivity contribution is 0.105. The van der Waals surface area contributed by atoms with Gasteiger partial charge in [-0.1, -0.05) is 0 Å². The number of nitrogens with two attached hydrogens (primary N) is 1. The summed E-state index contributed by atoms with van der Waals surface area (Å²) in [6.07, 6.45) is 4.56. The first-order valence-corrected chi connectivity index (χ1v) is 4.15. The molecule has 1 saturated heterocycles. The van der Waals surface area contributed by atoms with E-state index in [-0.39, 0.29) is 37.0 Å². The van der Waals surface area contributed by atoms with E-state index < -0.39 is 0 Å². The molecule has 5 heteroatoms. The van der Waals surface area contributed by atoms with E-state index >= 15 is 0 Å². The highest BCUT2D eigenvalue weighted by Gasteiger charge is 2.25. The molecule has 0 spiro atoms. The largest absolute Gasteiger partial charge is 0.372 e. The van der Waals surface area contributed by atoms with Crippen molar-refractivity contribution in [3.63, 3.8) is 0 Å². The Morgan fingerprint density at radius 3 is 2.43 bits per heavy atom. The highest BCUT2D eigenvalue weighted by molar-refractivity contribution is 5.85. The second-order valence-corrected chi connectivity index (χ2v) is 3.02. The minimum atomic E-state index is 0. The molecule has 1 aromatic heterocycles. The van der Waals surface area contributed by atoms with Crippen molar-refractivity contribution in [2.24, 2.45) is 5.73 Å². The van der Waals surface area contributed by atoms with Crippen LogP contribution >= 0.6 is 24.8 Å². The summed E-state index contributed by atoms with van der Waals surface area (Å²) < 4.78 is 5.50. The summed E-state index contributed by atoms with van der Waals surface area (Å²) in [6, 6.07) is 4.05. The van der Waals surface area contributed by atoms with Gasteiger partial charge in [-0.15, -0.1) is 24.8 Å². The Hall–Kier alpha value is -0.350. The van der Waals surface area contributed by atoms with E-state index in [4.69, 9.17) is 10.5 Å². The van der Waals surface area contributed by atoms with Crippen LogP contribution < -0.4 is 5.73 Å². The molecule has 14 heavy (non-hydrogen) atoms. The van der Waals surface area contributed by atoms with Crippen LogP contribution in [-0.2, 0) is 4.74 Å². The topological polar surface area (TPSA) is 48.1 Å². The van der Waals surface area contributed by atoms with E-state index in [1.165, 1.54) is 0 Å². The predicted octanol–water partition coefficient (Wildman–Crippen LogP) is 1.71. The van der Waals surface area contributed by atoms with Crippen LogP contribution in [0.1, 0.15) is 18.1 Å². The summed E-state index contributed by atoms with van der Waals surface area (Å²) in [5.41, 5.74) is 7.00. The molecule has 0 aliphatic carbocycles. The van der Waals surface area contributed by atoms with Gasteiger partial charge in [0, 0.05) is 25.0 Å². The van der Waals surface area contributed by atoms with E-state index in [2.05, 4.69) is 4.98 Å². The van der Waals surface area contributed by atoms with Crippen molar-refractivity contribution in [2.45, 2.75) is 18.6 Å². The average Bonchev–Trinajstić information content (AvgIpc) is 2.53. The van der Waals surface area contributed by atoms with Gasteiger partial charge in [-0.05, 0) is 24.1 Å². The first kappa shape index (κ1) is 13.7. The van der Waals surface area contributed by atoms with Crippen LogP contribution in [0.5, 0.6) is 0 Å². The molecule has 0 radical (unpaired) electrons. The average molecular weight is 237 g/mol. The van der Waals surface area contributed by atoms with Crippen LogP contribution in [-0.4, -0.2) is 17.6 Å². The van der Waals surface area contributed by atoms with Gasteiger partial charge in [0.1, 0.15) is 0 Å². The monoisotopic (exact) mass is 236 g/mol. The number of aromatic nitrogens is 1. The minimum absolute atomic E-state index is 0. The number of rotatable bonds is 1. The Kier molecular flexibility index (Phi) is 6.04. The van der Waals surface area contributed by atoms with Gasteiger partial charge >= 0.3 is 0 Å². The smallest absolute Gasteiger partial charge is 0.0977 e. The molecule has 80 valence electrons. The SMILES string of the molecule is Cl.Cl.NC1CCOC1c1ccncc1. The lowest BCUT2D eigenvalue weighted by Crippen LogP contribution is -2.23. The second kappa shape index (κ2) is 6.19. The zero-order valence-corrected chi connectivity index (χ0v) is 9.26. The molecule has 1 fully saturated rings. The molecule has 0 bridgehead atoms. The lowest BCUT2D eigenvalue weighted by atomic mass is 10.0. The summed E-state index contributed by atoms with van der Waals surface area (Å²) in [4.78, 5) is 3.95. The summed E-state index contributed by atoms with van der Waals surface area (Å²) in [5, 5.41) is 0. The molecule has 2 unspecified atom stereocenters. The molecule has 1 aliphatic rings. The number of halogens is 2. The third kappa shape index (κ3) is 2.82. The van der Waals surface area contributed by atoms with Gasteiger partial charge in [0.25, 0.3) is 0 Å². The summed E-state index contributed by atoms with van der Waals surface area (Å²) >= 11 is 0. The molecule has 0 amide bonds. The van der Waals surface area contributed by atoms with Crippen molar-refractivity contribution < 1.29 is 4.74 Å². The Labute approximate surface area is 95.9 Å². The first-order valence-electron chi connectivity index (χ1n) is 4.15. The number of ether oxygens (including phenoxy) is 1. The fraction of sp³-hybridized carbons (Fsp3) is 0.444. The Morgan fingerprint density at radius 1 is 1.29 bits per heavy atom. The summed E-state index contributed by atoms with van der Waals surface area (Å²) in [6.45, 7) is 0.772. The molecule has 2 atom stereocenters. The number of nitrogens with zero attached hydrogens (tertiary/aromatic N) is 1. The van der Waals surface area contributed by atoms with Gasteiger partial charge in [0.2, 0.25) is 0 Å². The Bertz CT molecular complexity index is 258. The van der Waals surface area contributed by atoms with Crippen LogP contribution in [0.25, 0.3) is 0 Å². The molecule has 2 rings (SSSR count). The molecule has 3 nitrogen and oxygen atoms in total. The zero-order chi connectivity index (χ0) is 8.39. The van der Waals surface area contributed by atoms with Crippen molar-refractivity contribution in [1.82, 2.24) is 4.98 Å². The standard InChI is InChI=1S/C9H12N2O.2ClH/c10-8-3-6-12-9(8)7-1-4-11-5-2-7;;/h1-2,4-5,8-9H,3,6,10H2;2*1H. The van der Waals surface area contributed by atoms with Gasteiger partial charge in [0.15, 0.2) is 0 Å². The van der Waals surface area contributed by atoms with Crippen molar-refractivity contribution in [2.75, 3.05) is 6.61 Å². The summed E-state index contributed by atoms with van der Waals surface area (Å²) in [5.74, 6) is 0. The molecular formula is C9H14Cl2N2O. The fourth-order valence-corrected chi connectivity index (χ4v) is 1.50. The molecular weight excluding hydrogens is 223 g/mol. The van der Waals surface area contributed by atoms with E-state index in [1.54, 1.807) is 12.4 Å². The van der Waals surface area contributed by atoms with Crippen molar-refractivity contribution >= 4 is 24.8 Å². The number of pyridine rings is 1. The quantitative estimate of drug-likeness (QED) is 0.808. The third-order valence-corrected chi connectivity index (χ3v) is 2.17.